The number of imidazole rings is 1. The van der Waals surface area contributed by atoms with E-state index in [9.17, 15) is 4.79 Å². The molecule has 1 aliphatic heterocycles. The van der Waals surface area contributed by atoms with Gasteiger partial charge in [-0.05, 0) is 35.7 Å². The highest BCUT2D eigenvalue weighted by molar-refractivity contribution is 5.95. The fraction of sp³-hybridized carbons (Fsp3) is 0.353. The van der Waals surface area contributed by atoms with Crippen molar-refractivity contribution in [2.45, 2.75) is 12.0 Å². The first-order chi connectivity index (χ1) is 12.6. The smallest absolute Gasteiger partial charge is 0.251 e. The lowest BCUT2D eigenvalue weighted by Gasteiger charge is -2.20. The van der Waals surface area contributed by atoms with Crippen LogP contribution in [0.2, 0.25) is 0 Å². The Morgan fingerprint density at radius 2 is 2.12 bits per heavy atom. The van der Waals surface area contributed by atoms with Crippen LogP contribution < -0.4 is 5.32 Å². The van der Waals surface area contributed by atoms with Crippen molar-refractivity contribution < 1.29 is 4.79 Å². The highest BCUT2D eigenvalue weighted by atomic mass is 16.1. The van der Waals surface area contributed by atoms with Crippen LogP contribution in [0.3, 0.4) is 0 Å². The number of nitrogens with zero attached hydrogens (tertiary/aromatic N) is 7. The van der Waals surface area contributed by atoms with E-state index >= 15 is 0 Å². The van der Waals surface area contributed by atoms with E-state index in [0.717, 1.165) is 24.5 Å². The molecule has 134 valence electrons. The summed E-state index contributed by atoms with van der Waals surface area (Å²) in [4.78, 5) is 19.3. The average molecular weight is 352 g/mol. The molecular weight excluding hydrogens is 332 g/mol. The lowest BCUT2D eigenvalue weighted by atomic mass is 9.99. The lowest BCUT2D eigenvalue weighted by Crippen LogP contribution is -2.40. The molecule has 3 heterocycles. The zero-order valence-corrected chi connectivity index (χ0v) is 14.6. The van der Waals surface area contributed by atoms with Gasteiger partial charge in [0.25, 0.3) is 5.91 Å². The first kappa shape index (κ1) is 16.4. The maximum Gasteiger partial charge on any atom is 0.251 e. The molecule has 0 spiro atoms. The van der Waals surface area contributed by atoms with Crippen LogP contribution in [0, 0.1) is 0 Å². The highest BCUT2D eigenvalue weighted by Crippen LogP contribution is 2.26. The maximum atomic E-state index is 12.8. The second-order valence-electron chi connectivity index (χ2n) is 6.64. The van der Waals surface area contributed by atoms with Gasteiger partial charge in [-0.1, -0.05) is 6.07 Å². The Balaban J connectivity index is 1.54. The predicted octanol–water partition coefficient (Wildman–Crippen LogP) is 0.223. The number of carbonyl (C=O) groups is 1. The lowest BCUT2D eigenvalue weighted by molar-refractivity contribution is 0.0935. The third-order valence-electron chi connectivity index (χ3n) is 4.77. The molecule has 9 nitrogen and oxygen atoms in total. The molecule has 0 unspecified atom stereocenters. The third-order valence-corrected chi connectivity index (χ3v) is 4.77. The fourth-order valence-corrected chi connectivity index (χ4v) is 3.49. The van der Waals surface area contributed by atoms with E-state index in [2.05, 4.69) is 37.8 Å². The van der Waals surface area contributed by atoms with E-state index in [1.165, 1.54) is 11.0 Å². The van der Waals surface area contributed by atoms with Gasteiger partial charge in [-0.2, -0.15) is 0 Å². The summed E-state index contributed by atoms with van der Waals surface area (Å²) in [7, 11) is 4.04. The van der Waals surface area contributed by atoms with Gasteiger partial charge in [0.2, 0.25) is 0 Å². The molecule has 9 heteroatoms. The van der Waals surface area contributed by atoms with Crippen molar-refractivity contribution in [2.24, 2.45) is 7.05 Å². The van der Waals surface area contributed by atoms with E-state index in [0.29, 0.717) is 5.56 Å². The molecule has 2 atom stereocenters. The molecule has 1 aromatic carbocycles. The van der Waals surface area contributed by atoms with Crippen molar-refractivity contribution in [3.8, 4) is 5.69 Å². The normalized spacial score (nSPS) is 20.4. The monoisotopic (exact) mass is 352 g/mol. The number of carbonyl (C=O) groups excluding carboxylic acids is 1. The molecule has 0 aliphatic carbocycles. The molecule has 1 aliphatic rings. The zero-order chi connectivity index (χ0) is 18.1. The van der Waals surface area contributed by atoms with Crippen molar-refractivity contribution in [2.75, 3.05) is 20.1 Å². The minimum absolute atomic E-state index is 0.0274. The number of rotatable bonds is 4. The van der Waals surface area contributed by atoms with Crippen LogP contribution in [-0.2, 0) is 7.05 Å². The summed E-state index contributed by atoms with van der Waals surface area (Å²) in [6.45, 7) is 1.68. The van der Waals surface area contributed by atoms with Crippen molar-refractivity contribution in [1.82, 2.24) is 40.0 Å². The number of tetrazole rings is 1. The number of nitrogens with one attached hydrogen (secondary N) is 1. The van der Waals surface area contributed by atoms with Crippen LogP contribution in [-0.4, -0.2) is 66.7 Å². The minimum Gasteiger partial charge on any atom is -0.347 e. The quantitative estimate of drug-likeness (QED) is 0.722. The van der Waals surface area contributed by atoms with Gasteiger partial charge in [0, 0.05) is 43.5 Å². The number of amides is 1. The summed E-state index contributed by atoms with van der Waals surface area (Å²) >= 11 is 0. The standard InChI is InChI=1S/C17H20N8O/c1-23-8-14(16-7-18-10-24(16)2)15(9-23)20-17(26)12-4-3-5-13(6-12)25-11-19-21-22-25/h3-7,10-11,14-15H,8-9H2,1-2H3,(H,20,26)/t14-,15-/m1/s1. The van der Waals surface area contributed by atoms with Gasteiger partial charge < -0.3 is 14.8 Å². The van der Waals surface area contributed by atoms with Crippen LogP contribution in [0.1, 0.15) is 22.0 Å². The van der Waals surface area contributed by atoms with Gasteiger partial charge in [0.05, 0.1) is 18.1 Å². The van der Waals surface area contributed by atoms with Crippen molar-refractivity contribution in [3.05, 3.63) is 54.4 Å². The van der Waals surface area contributed by atoms with E-state index in [1.54, 1.807) is 18.5 Å². The average Bonchev–Trinajstić information content (AvgIpc) is 3.36. The third kappa shape index (κ3) is 3.08. The first-order valence-corrected chi connectivity index (χ1v) is 8.41. The second-order valence-corrected chi connectivity index (χ2v) is 6.64. The summed E-state index contributed by atoms with van der Waals surface area (Å²) in [6.07, 6.45) is 5.17. The number of benzene rings is 1. The molecular formula is C17H20N8O. The Kier molecular flexibility index (Phi) is 4.21. The molecule has 1 fully saturated rings. The molecule has 1 amide bonds. The summed E-state index contributed by atoms with van der Waals surface area (Å²) in [5.74, 6) is 0.103. The number of hydrogen-bond acceptors (Lipinski definition) is 6. The molecule has 0 radical (unpaired) electrons. The number of aromatic nitrogens is 6. The van der Waals surface area contributed by atoms with Gasteiger partial charge in [-0.15, -0.1) is 5.10 Å². The molecule has 0 bridgehead atoms. The summed E-state index contributed by atoms with van der Waals surface area (Å²) in [5, 5.41) is 14.3. The van der Waals surface area contributed by atoms with E-state index in [4.69, 9.17) is 0 Å². The summed E-state index contributed by atoms with van der Waals surface area (Å²) in [6, 6.07) is 7.28. The van der Waals surface area contributed by atoms with Gasteiger partial charge in [0.15, 0.2) is 0 Å². The molecule has 4 rings (SSSR count). The fourth-order valence-electron chi connectivity index (χ4n) is 3.49. The van der Waals surface area contributed by atoms with Crippen LogP contribution in [0.5, 0.6) is 0 Å². The summed E-state index contributed by atoms with van der Waals surface area (Å²) < 4.78 is 3.54. The number of hydrogen-bond donors (Lipinski definition) is 1. The topological polar surface area (TPSA) is 93.8 Å². The van der Waals surface area contributed by atoms with E-state index < -0.39 is 0 Å². The maximum absolute atomic E-state index is 12.8. The van der Waals surface area contributed by atoms with E-state index in [-0.39, 0.29) is 17.9 Å². The molecule has 0 saturated carbocycles. The number of likely N-dealkylation sites (tertiary alicyclic amines) is 1. The van der Waals surface area contributed by atoms with Crippen LogP contribution in [0.25, 0.3) is 5.69 Å². The van der Waals surface area contributed by atoms with Crippen molar-refractivity contribution >= 4 is 5.91 Å². The van der Waals surface area contributed by atoms with Crippen molar-refractivity contribution in [1.29, 1.82) is 0 Å². The minimum atomic E-state index is -0.104. The zero-order valence-electron chi connectivity index (χ0n) is 14.6. The Morgan fingerprint density at radius 3 is 2.85 bits per heavy atom. The van der Waals surface area contributed by atoms with Gasteiger partial charge in [-0.3, -0.25) is 4.79 Å². The predicted molar refractivity (Wildman–Crippen MR) is 93.9 cm³/mol. The number of likely N-dealkylation sites (N-methyl/N-ethyl adjacent to an activating group) is 1. The highest BCUT2D eigenvalue weighted by Gasteiger charge is 2.34. The number of aryl methyl sites for hydroxylation is 1. The largest absolute Gasteiger partial charge is 0.347 e. The second kappa shape index (κ2) is 6.68. The SMILES string of the molecule is CN1C[C@@H](NC(=O)c2cccc(-n3cnnn3)c2)[C@H](c2cncn2C)C1. The molecule has 3 aromatic rings. The van der Waals surface area contributed by atoms with Crippen LogP contribution >= 0.6 is 0 Å². The van der Waals surface area contributed by atoms with Crippen LogP contribution in [0.4, 0.5) is 0 Å². The Labute approximate surface area is 150 Å². The van der Waals surface area contributed by atoms with Crippen molar-refractivity contribution in [3.63, 3.8) is 0 Å². The Bertz CT molecular complexity index is 903. The molecule has 26 heavy (non-hydrogen) atoms. The van der Waals surface area contributed by atoms with Gasteiger partial charge in [0.1, 0.15) is 6.33 Å². The van der Waals surface area contributed by atoms with Crippen LogP contribution in [0.15, 0.2) is 43.1 Å². The molecule has 1 saturated heterocycles. The summed E-state index contributed by atoms with van der Waals surface area (Å²) in [5.41, 5.74) is 2.45. The molecule has 1 N–H and O–H groups in total. The van der Waals surface area contributed by atoms with E-state index in [1.807, 2.05) is 29.9 Å². The Morgan fingerprint density at radius 1 is 1.23 bits per heavy atom. The first-order valence-electron chi connectivity index (χ1n) is 8.41. The van der Waals surface area contributed by atoms with Gasteiger partial charge in [-0.25, -0.2) is 9.67 Å². The van der Waals surface area contributed by atoms with Gasteiger partial charge >= 0.3 is 0 Å². The molecule has 2 aromatic heterocycles. The Hall–Kier alpha value is -3.07.